The third kappa shape index (κ3) is 5.03. The standard InChI is InChI=1S/C14H24N4O/c1-15-8-5-9-17-13-10-16-11-14(18-13)19-12-6-3-2-4-7-12/h10-12,15H,2-9H2,1H3,(H,17,18). The zero-order chi connectivity index (χ0) is 13.3. The van der Waals surface area contributed by atoms with E-state index in [-0.39, 0.29) is 0 Å². The maximum Gasteiger partial charge on any atom is 0.234 e. The van der Waals surface area contributed by atoms with Crippen LogP contribution in [0.4, 0.5) is 5.82 Å². The Balaban J connectivity index is 1.80. The van der Waals surface area contributed by atoms with Gasteiger partial charge in [-0.3, -0.25) is 4.98 Å². The molecule has 0 saturated heterocycles. The molecule has 0 radical (unpaired) electrons. The summed E-state index contributed by atoms with van der Waals surface area (Å²) < 4.78 is 5.90. The van der Waals surface area contributed by atoms with Crippen molar-refractivity contribution in [2.75, 3.05) is 25.5 Å². The van der Waals surface area contributed by atoms with Gasteiger partial charge in [-0.2, -0.15) is 4.98 Å². The van der Waals surface area contributed by atoms with E-state index in [0.29, 0.717) is 12.0 Å². The van der Waals surface area contributed by atoms with Gasteiger partial charge in [-0.05, 0) is 45.7 Å². The molecule has 19 heavy (non-hydrogen) atoms. The maximum absolute atomic E-state index is 5.90. The molecule has 0 bridgehead atoms. The van der Waals surface area contributed by atoms with Crippen LogP contribution in [0, 0.1) is 0 Å². The molecule has 5 nitrogen and oxygen atoms in total. The van der Waals surface area contributed by atoms with E-state index in [1.807, 2.05) is 7.05 Å². The second-order valence-electron chi connectivity index (χ2n) is 5.00. The third-order valence-electron chi connectivity index (χ3n) is 3.36. The molecular weight excluding hydrogens is 240 g/mol. The SMILES string of the molecule is CNCCCNc1cncc(OC2CCCCC2)n1. The van der Waals surface area contributed by atoms with Crippen LogP contribution >= 0.6 is 0 Å². The van der Waals surface area contributed by atoms with Crippen molar-refractivity contribution in [3.8, 4) is 5.88 Å². The molecule has 0 spiro atoms. The normalized spacial score (nSPS) is 16.3. The summed E-state index contributed by atoms with van der Waals surface area (Å²) in [5.41, 5.74) is 0. The molecule has 1 heterocycles. The highest BCUT2D eigenvalue weighted by molar-refractivity contribution is 5.33. The molecule has 0 atom stereocenters. The molecule has 2 N–H and O–H groups in total. The smallest absolute Gasteiger partial charge is 0.234 e. The fourth-order valence-electron chi connectivity index (χ4n) is 2.33. The lowest BCUT2D eigenvalue weighted by Gasteiger charge is -2.22. The summed E-state index contributed by atoms with van der Waals surface area (Å²) in [4.78, 5) is 8.63. The number of ether oxygens (including phenoxy) is 1. The van der Waals surface area contributed by atoms with Crippen molar-refractivity contribution >= 4 is 5.82 Å². The van der Waals surface area contributed by atoms with Crippen molar-refractivity contribution < 1.29 is 4.74 Å². The van der Waals surface area contributed by atoms with Gasteiger partial charge in [0.25, 0.3) is 0 Å². The van der Waals surface area contributed by atoms with Gasteiger partial charge in [-0.25, -0.2) is 0 Å². The number of aromatic nitrogens is 2. The number of nitrogens with one attached hydrogen (secondary N) is 2. The molecule has 1 aromatic heterocycles. The number of hydrogen-bond donors (Lipinski definition) is 2. The van der Waals surface area contributed by atoms with Crippen LogP contribution in [-0.4, -0.2) is 36.2 Å². The van der Waals surface area contributed by atoms with E-state index in [0.717, 1.165) is 38.2 Å². The van der Waals surface area contributed by atoms with Gasteiger partial charge in [0.05, 0.1) is 12.4 Å². The third-order valence-corrected chi connectivity index (χ3v) is 3.36. The molecule has 0 aliphatic heterocycles. The van der Waals surface area contributed by atoms with Crippen molar-refractivity contribution in [2.24, 2.45) is 0 Å². The Morgan fingerprint density at radius 1 is 1.21 bits per heavy atom. The van der Waals surface area contributed by atoms with Crippen LogP contribution in [0.3, 0.4) is 0 Å². The second kappa shape index (κ2) is 7.94. The molecule has 106 valence electrons. The lowest BCUT2D eigenvalue weighted by Crippen LogP contribution is -2.20. The molecule has 1 aromatic rings. The average Bonchev–Trinajstić information content (AvgIpc) is 2.45. The number of rotatable bonds is 7. The van der Waals surface area contributed by atoms with Crippen LogP contribution in [0.5, 0.6) is 5.88 Å². The Bertz CT molecular complexity index is 366. The van der Waals surface area contributed by atoms with Crippen molar-refractivity contribution in [1.29, 1.82) is 0 Å². The Morgan fingerprint density at radius 3 is 2.84 bits per heavy atom. The van der Waals surface area contributed by atoms with Gasteiger partial charge < -0.3 is 15.4 Å². The summed E-state index contributed by atoms with van der Waals surface area (Å²) in [6.07, 6.45) is 11.0. The quantitative estimate of drug-likeness (QED) is 0.739. The fraction of sp³-hybridized carbons (Fsp3) is 0.714. The van der Waals surface area contributed by atoms with E-state index in [4.69, 9.17) is 4.74 Å². The molecule has 0 unspecified atom stereocenters. The molecule has 1 fully saturated rings. The Kier molecular flexibility index (Phi) is 5.88. The van der Waals surface area contributed by atoms with E-state index in [2.05, 4.69) is 20.6 Å². The van der Waals surface area contributed by atoms with Crippen LogP contribution in [0.1, 0.15) is 38.5 Å². The largest absolute Gasteiger partial charge is 0.473 e. The molecule has 1 saturated carbocycles. The van der Waals surface area contributed by atoms with Gasteiger partial charge in [0, 0.05) is 6.54 Å². The Hall–Kier alpha value is -1.36. The summed E-state index contributed by atoms with van der Waals surface area (Å²) >= 11 is 0. The van der Waals surface area contributed by atoms with E-state index >= 15 is 0 Å². The predicted molar refractivity (Wildman–Crippen MR) is 76.6 cm³/mol. The lowest BCUT2D eigenvalue weighted by molar-refractivity contribution is 0.148. The Labute approximate surface area is 115 Å². The summed E-state index contributed by atoms with van der Waals surface area (Å²) in [6, 6.07) is 0. The van der Waals surface area contributed by atoms with Gasteiger partial charge in [-0.1, -0.05) is 6.42 Å². The average molecular weight is 264 g/mol. The molecule has 1 aliphatic rings. The van der Waals surface area contributed by atoms with Gasteiger partial charge in [0.15, 0.2) is 0 Å². The monoisotopic (exact) mass is 264 g/mol. The molecule has 5 heteroatoms. The van der Waals surface area contributed by atoms with E-state index in [1.165, 1.54) is 19.3 Å². The fourth-order valence-corrected chi connectivity index (χ4v) is 2.33. The molecule has 0 aromatic carbocycles. The summed E-state index contributed by atoms with van der Waals surface area (Å²) in [6.45, 7) is 1.89. The molecular formula is C14H24N4O. The number of hydrogen-bond acceptors (Lipinski definition) is 5. The van der Waals surface area contributed by atoms with Crippen LogP contribution in [0.25, 0.3) is 0 Å². The summed E-state index contributed by atoms with van der Waals surface area (Å²) in [7, 11) is 1.96. The van der Waals surface area contributed by atoms with Crippen molar-refractivity contribution in [3.63, 3.8) is 0 Å². The van der Waals surface area contributed by atoms with Gasteiger partial charge >= 0.3 is 0 Å². The number of anilines is 1. The molecule has 1 aliphatic carbocycles. The van der Waals surface area contributed by atoms with Crippen molar-refractivity contribution in [3.05, 3.63) is 12.4 Å². The van der Waals surface area contributed by atoms with Crippen LogP contribution in [-0.2, 0) is 0 Å². The first kappa shape index (κ1) is 14.1. The highest BCUT2D eigenvalue weighted by Gasteiger charge is 2.15. The minimum Gasteiger partial charge on any atom is -0.473 e. The highest BCUT2D eigenvalue weighted by atomic mass is 16.5. The zero-order valence-corrected chi connectivity index (χ0v) is 11.7. The predicted octanol–water partition coefficient (Wildman–Crippen LogP) is 2.21. The van der Waals surface area contributed by atoms with Gasteiger partial charge in [0.1, 0.15) is 11.9 Å². The molecule has 2 rings (SSSR count). The minimum atomic E-state index is 0.322. The van der Waals surface area contributed by atoms with E-state index in [1.54, 1.807) is 12.4 Å². The van der Waals surface area contributed by atoms with Crippen LogP contribution in [0.15, 0.2) is 12.4 Å². The first-order valence-electron chi connectivity index (χ1n) is 7.25. The van der Waals surface area contributed by atoms with Crippen molar-refractivity contribution in [1.82, 2.24) is 15.3 Å². The van der Waals surface area contributed by atoms with Gasteiger partial charge in [-0.15, -0.1) is 0 Å². The van der Waals surface area contributed by atoms with Crippen molar-refractivity contribution in [2.45, 2.75) is 44.6 Å². The van der Waals surface area contributed by atoms with Gasteiger partial charge in [0.2, 0.25) is 5.88 Å². The van der Waals surface area contributed by atoms with E-state index < -0.39 is 0 Å². The lowest BCUT2D eigenvalue weighted by atomic mass is 9.98. The first-order chi connectivity index (χ1) is 9.38. The highest BCUT2D eigenvalue weighted by Crippen LogP contribution is 2.22. The van der Waals surface area contributed by atoms with E-state index in [9.17, 15) is 0 Å². The maximum atomic E-state index is 5.90. The molecule has 0 amide bonds. The second-order valence-corrected chi connectivity index (χ2v) is 5.00. The summed E-state index contributed by atoms with van der Waals surface area (Å²) in [5, 5.41) is 6.38. The first-order valence-corrected chi connectivity index (χ1v) is 7.25. The van der Waals surface area contributed by atoms with Crippen LogP contribution in [0.2, 0.25) is 0 Å². The summed E-state index contributed by atoms with van der Waals surface area (Å²) in [5.74, 6) is 1.44. The zero-order valence-electron chi connectivity index (χ0n) is 11.7. The Morgan fingerprint density at radius 2 is 2.05 bits per heavy atom. The topological polar surface area (TPSA) is 59.1 Å². The van der Waals surface area contributed by atoms with Crippen LogP contribution < -0.4 is 15.4 Å². The minimum absolute atomic E-state index is 0.322. The number of nitrogens with zero attached hydrogens (tertiary/aromatic N) is 2.